The van der Waals surface area contributed by atoms with Gasteiger partial charge in [0.25, 0.3) is 5.56 Å². The van der Waals surface area contributed by atoms with Gasteiger partial charge in [0, 0.05) is 44.1 Å². The molecule has 5 rings (SSSR count). The Hall–Kier alpha value is -3.03. The lowest BCUT2D eigenvalue weighted by Gasteiger charge is -2.26. The molecule has 4 heterocycles. The number of rotatable bonds is 5. The van der Waals surface area contributed by atoms with Gasteiger partial charge in [0.05, 0.1) is 29.8 Å². The molecule has 1 aliphatic rings. The van der Waals surface area contributed by atoms with E-state index in [1.165, 1.54) is 0 Å². The lowest BCUT2D eigenvalue weighted by Crippen LogP contribution is -2.37. The highest BCUT2D eigenvalue weighted by molar-refractivity contribution is 5.86. The minimum Gasteiger partial charge on any atom is -0.379 e. The molecule has 1 fully saturated rings. The van der Waals surface area contributed by atoms with Crippen LogP contribution in [0.15, 0.2) is 53.6 Å². The molecule has 1 saturated heterocycles. The van der Waals surface area contributed by atoms with E-state index in [0.717, 1.165) is 67.3 Å². The first-order valence-corrected chi connectivity index (χ1v) is 10.5. The molecule has 7 heteroatoms. The molecule has 0 bridgehead atoms. The Bertz CT molecular complexity index is 1240. The maximum atomic E-state index is 13.1. The van der Waals surface area contributed by atoms with Crippen molar-refractivity contribution in [3.05, 3.63) is 64.8 Å². The first kappa shape index (κ1) is 19.0. The summed E-state index contributed by atoms with van der Waals surface area (Å²) in [6.07, 6.45) is 4.50. The zero-order valence-electron chi connectivity index (χ0n) is 17.1. The molecule has 0 unspecified atom stereocenters. The second-order valence-electron chi connectivity index (χ2n) is 7.74. The van der Waals surface area contributed by atoms with Gasteiger partial charge in [-0.2, -0.15) is 5.10 Å². The highest BCUT2D eigenvalue weighted by Crippen LogP contribution is 2.28. The summed E-state index contributed by atoms with van der Waals surface area (Å²) in [5.74, 6) is 0. The van der Waals surface area contributed by atoms with Crippen LogP contribution in [0.25, 0.3) is 27.7 Å². The van der Waals surface area contributed by atoms with Crippen LogP contribution in [0.3, 0.4) is 0 Å². The standard InChI is InChI=1S/C23H25N5O2/c1-17-21(18-6-3-2-4-7-18)22-24-16-19-20(28(22)25-17)8-11-27(23(19)29)10-5-9-26-12-14-30-15-13-26/h2-4,6-8,11,16H,5,9-10,12-15H2,1H3. The molecule has 0 atom stereocenters. The van der Waals surface area contributed by atoms with E-state index in [0.29, 0.717) is 11.9 Å². The predicted octanol–water partition coefficient (Wildman–Crippen LogP) is 2.74. The topological polar surface area (TPSA) is 64.7 Å². The fourth-order valence-corrected chi connectivity index (χ4v) is 4.22. The van der Waals surface area contributed by atoms with Crippen molar-refractivity contribution in [2.75, 3.05) is 32.8 Å². The summed E-state index contributed by atoms with van der Waals surface area (Å²) in [5, 5.41) is 5.30. The van der Waals surface area contributed by atoms with Gasteiger partial charge in [0.2, 0.25) is 0 Å². The summed E-state index contributed by atoms with van der Waals surface area (Å²) in [4.78, 5) is 20.1. The normalized spacial score (nSPS) is 15.2. The summed E-state index contributed by atoms with van der Waals surface area (Å²) in [7, 11) is 0. The van der Waals surface area contributed by atoms with Gasteiger partial charge in [-0.05, 0) is 25.0 Å². The largest absolute Gasteiger partial charge is 0.379 e. The van der Waals surface area contributed by atoms with E-state index in [9.17, 15) is 4.79 Å². The monoisotopic (exact) mass is 403 g/mol. The van der Waals surface area contributed by atoms with Crippen LogP contribution in [0.4, 0.5) is 0 Å². The van der Waals surface area contributed by atoms with Crippen molar-refractivity contribution >= 4 is 16.6 Å². The summed E-state index contributed by atoms with van der Waals surface area (Å²) < 4.78 is 8.97. The van der Waals surface area contributed by atoms with E-state index < -0.39 is 0 Å². The number of hydrogen-bond acceptors (Lipinski definition) is 5. The lowest BCUT2D eigenvalue weighted by atomic mass is 10.1. The van der Waals surface area contributed by atoms with E-state index >= 15 is 0 Å². The van der Waals surface area contributed by atoms with Crippen LogP contribution in [0, 0.1) is 6.92 Å². The molecular weight excluding hydrogens is 378 g/mol. The van der Waals surface area contributed by atoms with E-state index in [4.69, 9.17) is 9.84 Å². The van der Waals surface area contributed by atoms with Crippen LogP contribution in [0.1, 0.15) is 12.1 Å². The molecule has 0 amide bonds. The molecule has 0 spiro atoms. The number of nitrogens with zero attached hydrogens (tertiary/aromatic N) is 5. The molecule has 7 nitrogen and oxygen atoms in total. The van der Waals surface area contributed by atoms with Crippen LogP contribution < -0.4 is 5.56 Å². The number of pyridine rings is 1. The van der Waals surface area contributed by atoms with Gasteiger partial charge in [0.1, 0.15) is 0 Å². The number of hydrogen-bond donors (Lipinski definition) is 0. The van der Waals surface area contributed by atoms with Crippen molar-refractivity contribution in [1.82, 2.24) is 24.1 Å². The maximum Gasteiger partial charge on any atom is 0.261 e. The quantitative estimate of drug-likeness (QED) is 0.513. The average molecular weight is 403 g/mol. The maximum absolute atomic E-state index is 13.1. The highest BCUT2D eigenvalue weighted by atomic mass is 16.5. The van der Waals surface area contributed by atoms with Crippen LogP contribution in [0.5, 0.6) is 0 Å². The van der Waals surface area contributed by atoms with Gasteiger partial charge < -0.3 is 9.30 Å². The molecule has 154 valence electrons. The molecule has 0 radical (unpaired) electrons. The molecule has 0 saturated carbocycles. The summed E-state index contributed by atoms with van der Waals surface area (Å²) in [6.45, 7) is 7.18. The number of ether oxygens (including phenoxy) is 1. The Morgan fingerprint density at radius 1 is 1.07 bits per heavy atom. The van der Waals surface area contributed by atoms with E-state index in [1.54, 1.807) is 15.3 Å². The molecule has 0 N–H and O–H groups in total. The van der Waals surface area contributed by atoms with Gasteiger partial charge in [-0.3, -0.25) is 9.69 Å². The number of aryl methyl sites for hydroxylation is 2. The SMILES string of the molecule is Cc1nn2c(ncc3c(=O)n(CCCN4CCOCC4)ccc32)c1-c1ccccc1. The summed E-state index contributed by atoms with van der Waals surface area (Å²) >= 11 is 0. The predicted molar refractivity (Wildman–Crippen MR) is 117 cm³/mol. The molecule has 1 aliphatic heterocycles. The minimum absolute atomic E-state index is 0.0155. The number of benzene rings is 1. The van der Waals surface area contributed by atoms with Gasteiger partial charge in [-0.15, -0.1) is 0 Å². The molecular formula is C23H25N5O2. The van der Waals surface area contributed by atoms with Gasteiger partial charge in [0.15, 0.2) is 5.65 Å². The van der Waals surface area contributed by atoms with E-state index in [1.807, 2.05) is 37.4 Å². The number of morpholine rings is 1. The molecule has 0 aliphatic carbocycles. The van der Waals surface area contributed by atoms with Crippen molar-refractivity contribution in [2.24, 2.45) is 0 Å². The van der Waals surface area contributed by atoms with Crippen molar-refractivity contribution in [3.63, 3.8) is 0 Å². The van der Waals surface area contributed by atoms with Crippen LogP contribution in [0.2, 0.25) is 0 Å². The third kappa shape index (κ3) is 3.40. The van der Waals surface area contributed by atoms with Gasteiger partial charge >= 0.3 is 0 Å². The zero-order valence-corrected chi connectivity index (χ0v) is 17.1. The lowest BCUT2D eigenvalue weighted by molar-refractivity contribution is 0.0369. The van der Waals surface area contributed by atoms with Crippen molar-refractivity contribution < 1.29 is 4.74 Å². The Labute approximate surface area is 174 Å². The summed E-state index contributed by atoms with van der Waals surface area (Å²) in [6, 6.07) is 12.1. The van der Waals surface area contributed by atoms with Crippen LogP contribution in [-0.4, -0.2) is 56.9 Å². The fourth-order valence-electron chi connectivity index (χ4n) is 4.22. The summed E-state index contributed by atoms with van der Waals surface area (Å²) in [5.41, 5.74) is 4.53. The second kappa shape index (κ2) is 8.01. The Morgan fingerprint density at radius 2 is 1.87 bits per heavy atom. The van der Waals surface area contributed by atoms with Gasteiger partial charge in [-0.25, -0.2) is 9.50 Å². The Morgan fingerprint density at radius 3 is 2.67 bits per heavy atom. The average Bonchev–Trinajstić information content (AvgIpc) is 3.13. The van der Waals surface area contributed by atoms with E-state index in [2.05, 4.69) is 22.0 Å². The zero-order chi connectivity index (χ0) is 20.5. The third-order valence-electron chi connectivity index (χ3n) is 5.80. The Balaban J connectivity index is 1.47. The molecule has 30 heavy (non-hydrogen) atoms. The molecule has 4 aromatic rings. The number of aromatic nitrogens is 4. The molecule has 1 aromatic carbocycles. The molecule has 3 aromatic heterocycles. The number of fused-ring (bicyclic) bond motifs is 3. The minimum atomic E-state index is -0.0155. The fraction of sp³-hybridized carbons (Fsp3) is 0.348. The van der Waals surface area contributed by atoms with Gasteiger partial charge in [-0.1, -0.05) is 30.3 Å². The van der Waals surface area contributed by atoms with Crippen LogP contribution in [-0.2, 0) is 11.3 Å². The van der Waals surface area contributed by atoms with Crippen LogP contribution >= 0.6 is 0 Å². The highest BCUT2D eigenvalue weighted by Gasteiger charge is 2.16. The van der Waals surface area contributed by atoms with Crippen molar-refractivity contribution in [2.45, 2.75) is 19.9 Å². The Kier molecular flexibility index (Phi) is 5.06. The first-order valence-electron chi connectivity index (χ1n) is 10.5. The third-order valence-corrected chi connectivity index (χ3v) is 5.80. The first-order chi connectivity index (χ1) is 14.7. The second-order valence-corrected chi connectivity index (χ2v) is 7.74. The van der Waals surface area contributed by atoms with E-state index in [-0.39, 0.29) is 5.56 Å². The van der Waals surface area contributed by atoms with Crippen molar-refractivity contribution in [1.29, 1.82) is 0 Å². The smallest absolute Gasteiger partial charge is 0.261 e. The van der Waals surface area contributed by atoms with Crippen molar-refractivity contribution in [3.8, 4) is 11.1 Å².